The molecule has 0 radical (unpaired) electrons. The maximum absolute atomic E-state index is 13.7. The number of benzene rings is 2. The average Bonchev–Trinajstić information content (AvgIpc) is 3.44. The minimum Gasteiger partial charge on any atom is -0.316 e. The van der Waals surface area contributed by atoms with Gasteiger partial charge in [0.2, 0.25) is 10.0 Å². The molecule has 0 unspecified atom stereocenters. The summed E-state index contributed by atoms with van der Waals surface area (Å²) in [5, 5.41) is 0.677. The van der Waals surface area contributed by atoms with Crippen LogP contribution in [0.25, 0.3) is 0 Å². The Hall–Kier alpha value is -1.85. The minimum atomic E-state index is -3.80. The number of sulfonamides is 1. The van der Waals surface area contributed by atoms with Crippen molar-refractivity contribution >= 4 is 51.0 Å². The molecule has 1 amide bonds. The van der Waals surface area contributed by atoms with Crippen molar-refractivity contribution in [2.24, 2.45) is 0 Å². The summed E-state index contributed by atoms with van der Waals surface area (Å²) in [7, 11) is -3.80. The van der Waals surface area contributed by atoms with Crippen molar-refractivity contribution in [1.82, 2.24) is 13.6 Å². The van der Waals surface area contributed by atoms with Crippen LogP contribution in [-0.2, 0) is 10.0 Å². The molecule has 0 N–H and O–H groups in total. The van der Waals surface area contributed by atoms with E-state index < -0.39 is 16.2 Å². The van der Waals surface area contributed by atoms with E-state index in [9.17, 15) is 13.2 Å². The number of carbonyl (C=O) groups is 1. The zero-order chi connectivity index (χ0) is 22.9. The van der Waals surface area contributed by atoms with E-state index in [2.05, 4.69) is 4.37 Å². The van der Waals surface area contributed by atoms with Crippen LogP contribution in [0, 0.1) is 6.92 Å². The highest BCUT2D eigenvalue weighted by atomic mass is 32.2. The molecule has 3 aromatic rings. The summed E-state index contributed by atoms with van der Waals surface area (Å²) in [6.07, 6.45) is 3.09. The van der Waals surface area contributed by atoms with E-state index >= 15 is 0 Å². The van der Waals surface area contributed by atoms with E-state index in [1.54, 1.807) is 29.2 Å². The van der Waals surface area contributed by atoms with Gasteiger partial charge in [0.15, 0.2) is 0 Å². The highest BCUT2D eigenvalue weighted by molar-refractivity contribution is 8.01. The second-order valence-corrected chi connectivity index (χ2v) is 11.8. The molecule has 1 aliphatic heterocycles. The normalized spacial score (nSPS) is 17.1. The van der Waals surface area contributed by atoms with Crippen LogP contribution in [0.15, 0.2) is 68.7 Å². The van der Waals surface area contributed by atoms with E-state index in [1.807, 2.05) is 49.8 Å². The Bertz CT molecular complexity index is 1190. The van der Waals surface area contributed by atoms with Crippen LogP contribution in [-0.4, -0.2) is 53.5 Å². The first kappa shape index (κ1) is 23.3. The molecule has 1 aromatic heterocycles. The van der Waals surface area contributed by atoms with Gasteiger partial charge in [0, 0.05) is 13.1 Å². The number of thioether (sulfide) groups is 2. The minimum absolute atomic E-state index is 0.192. The van der Waals surface area contributed by atoms with Gasteiger partial charge in [-0.2, -0.15) is 8.68 Å². The highest BCUT2D eigenvalue weighted by Crippen LogP contribution is 2.39. The summed E-state index contributed by atoms with van der Waals surface area (Å²) in [5.41, 5.74) is 2.31. The fourth-order valence-electron chi connectivity index (χ4n) is 3.75. The van der Waals surface area contributed by atoms with Crippen molar-refractivity contribution in [3.8, 4) is 0 Å². The van der Waals surface area contributed by atoms with Crippen LogP contribution in [0.4, 0.5) is 0 Å². The molecule has 0 spiro atoms. The Kier molecular flexibility index (Phi) is 6.97. The molecule has 32 heavy (non-hydrogen) atoms. The highest BCUT2D eigenvalue weighted by Gasteiger charge is 2.44. The quantitative estimate of drug-likeness (QED) is 0.451. The summed E-state index contributed by atoms with van der Waals surface area (Å²) in [5.74, 6) is -0.192. The van der Waals surface area contributed by atoms with Crippen molar-refractivity contribution in [2.75, 3.05) is 25.6 Å². The Morgan fingerprint density at radius 3 is 2.34 bits per heavy atom. The van der Waals surface area contributed by atoms with Gasteiger partial charge in [0.25, 0.3) is 5.91 Å². The Morgan fingerprint density at radius 2 is 1.72 bits per heavy atom. The van der Waals surface area contributed by atoms with E-state index in [0.717, 1.165) is 15.3 Å². The summed E-state index contributed by atoms with van der Waals surface area (Å²) in [6, 6.07) is 16.2. The second kappa shape index (κ2) is 9.56. The first-order valence-electron chi connectivity index (χ1n) is 9.90. The smallest absolute Gasteiger partial charge is 0.260 e. The lowest BCUT2D eigenvalue weighted by Crippen LogP contribution is -2.38. The number of nitrogens with zero attached hydrogens (tertiary/aromatic N) is 3. The van der Waals surface area contributed by atoms with Gasteiger partial charge in [-0.1, -0.05) is 48.0 Å². The topological polar surface area (TPSA) is 70.6 Å². The lowest BCUT2D eigenvalue weighted by molar-refractivity contribution is 0.0687. The van der Waals surface area contributed by atoms with Crippen molar-refractivity contribution < 1.29 is 13.2 Å². The number of amides is 1. The first-order valence-corrected chi connectivity index (χ1v) is 14.6. The third-order valence-corrected chi connectivity index (χ3v) is 9.95. The molecule has 0 aliphatic carbocycles. The molecular weight excluding hydrogens is 483 g/mol. The first-order chi connectivity index (χ1) is 15.4. The van der Waals surface area contributed by atoms with Gasteiger partial charge < -0.3 is 4.90 Å². The fourth-order valence-corrected chi connectivity index (χ4v) is 7.58. The lowest BCUT2D eigenvalue weighted by Gasteiger charge is -2.30. The molecule has 6 nitrogen and oxygen atoms in total. The fraction of sp³-hybridized carbons (Fsp3) is 0.273. The number of hydrogen-bond donors (Lipinski definition) is 0. The van der Waals surface area contributed by atoms with Crippen LogP contribution >= 0.6 is 35.1 Å². The summed E-state index contributed by atoms with van der Waals surface area (Å²) in [4.78, 5) is 15.6. The SMILES string of the molecule is CSc1nsc(SC)c1C(=O)N1CCN(S(=O)(=O)c2ccc(C)cc2)[C@H]1c1ccccc1. The molecule has 1 atom stereocenters. The molecule has 0 bridgehead atoms. The van der Waals surface area contributed by atoms with Crippen LogP contribution in [0.2, 0.25) is 0 Å². The lowest BCUT2D eigenvalue weighted by atomic mass is 10.1. The number of aryl methyl sites for hydroxylation is 1. The maximum Gasteiger partial charge on any atom is 0.260 e. The van der Waals surface area contributed by atoms with Gasteiger partial charge in [-0.25, -0.2) is 8.42 Å². The largest absolute Gasteiger partial charge is 0.316 e. The summed E-state index contributed by atoms with van der Waals surface area (Å²) in [6.45, 7) is 2.45. The molecule has 168 valence electrons. The number of hydrogen-bond acceptors (Lipinski definition) is 7. The van der Waals surface area contributed by atoms with Crippen molar-refractivity contribution in [3.05, 3.63) is 71.3 Å². The van der Waals surface area contributed by atoms with Crippen molar-refractivity contribution in [2.45, 2.75) is 27.2 Å². The molecular formula is C22H23N3O3S4. The Labute approximate surface area is 201 Å². The van der Waals surface area contributed by atoms with Crippen LogP contribution in [0.5, 0.6) is 0 Å². The molecule has 2 heterocycles. The van der Waals surface area contributed by atoms with Gasteiger partial charge >= 0.3 is 0 Å². The van der Waals surface area contributed by atoms with Gasteiger partial charge in [0.1, 0.15) is 11.2 Å². The van der Waals surface area contributed by atoms with Gasteiger partial charge in [0.05, 0.1) is 14.7 Å². The number of aromatic nitrogens is 1. The van der Waals surface area contributed by atoms with E-state index in [-0.39, 0.29) is 17.3 Å². The monoisotopic (exact) mass is 505 g/mol. The predicted octanol–water partition coefficient (Wildman–Crippen LogP) is 4.74. The van der Waals surface area contributed by atoms with Gasteiger partial charge in [-0.3, -0.25) is 4.79 Å². The van der Waals surface area contributed by atoms with Gasteiger partial charge in [-0.05, 0) is 48.7 Å². The second-order valence-electron chi connectivity index (χ2n) is 7.27. The molecule has 1 saturated heterocycles. The maximum atomic E-state index is 13.7. The van der Waals surface area contributed by atoms with E-state index in [1.165, 1.54) is 39.4 Å². The average molecular weight is 506 g/mol. The summed E-state index contributed by atoms with van der Waals surface area (Å²) >= 11 is 4.21. The standard InChI is InChI=1S/C22H23N3O3S4/c1-15-9-11-17(12-10-15)32(27,28)25-14-13-24(20(25)16-7-5-4-6-8-16)21(26)18-19(29-2)23-31-22(18)30-3/h4-12,20H,13-14H2,1-3H3/t20-/m0/s1. The molecule has 1 aliphatic rings. The molecule has 0 saturated carbocycles. The van der Waals surface area contributed by atoms with Crippen LogP contribution in [0.3, 0.4) is 0 Å². The van der Waals surface area contributed by atoms with Crippen molar-refractivity contribution in [1.29, 1.82) is 0 Å². The Morgan fingerprint density at radius 1 is 1.03 bits per heavy atom. The van der Waals surface area contributed by atoms with Crippen LogP contribution in [0.1, 0.15) is 27.7 Å². The van der Waals surface area contributed by atoms with Crippen molar-refractivity contribution in [3.63, 3.8) is 0 Å². The Balaban J connectivity index is 1.79. The predicted molar refractivity (Wildman–Crippen MR) is 131 cm³/mol. The number of rotatable bonds is 6. The van der Waals surface area contributed by atoms with E-state index in [0.29, 0.717) is 17.1 Å². The third-order valence-electron chi connectivity index (χ3n) is 5.34. The van der Waals surface area contributed by atoms with Crippen LogP contribution < -0.4 is 0 Å². The molecule has 10 heteroatoms. The van der Waals surface area contributed by atoms with Gasteiger partial charge in [-0.15, -0.1) is 23.5 Å². The summed E-state index contributed by atoms with van der Waals surface area (Å²) < 4.78 is 33.9. The molecule has 1 fully saturated rings. The number of carbonyl (C=O) groups excluding carboxylic acids is 1. The zero-order valence-electron chi connectivity index (χ0n) is 17.9. The van der Waals surface area contributed by atoms with E-state index in [4.69, 9.17) is 0 Å². The zero-order valence-corrected chi connectivity index (χ0v) is 21.2. The molecule has 4 rings (SSSR count). The molecule has 2 aromatic carbocycles. The third kappa shape index (κ3) is 4.22.